The van der Waals surface area contributed by atoms with Crippen LogP contribution in [-0.4, -0.2) is 46.6 Å². The zero-order valence-electron chi connectivity index (χ0n) is 8.60. The molecule has 1 aliphatic rings. The summed E-state index contributed by atoms with van der Waals surface area (Å²) in [5.41, 5.74) is 0.594. The van der Waals surface area contributed by atoms with E-state index in [0.29, 0.717) is 5.69 Å². The predicted molar refractivity (Wildman–Crippen MR) is 55.8 cm³/mol. The zero-order chi connectivity index (χ0) is 11.5. The number of hydrogen-bond donors (Lipinski definition) is 1. The van der Waals surface area contributed by atoms with Crippen molar-refractivity contribution in [3.05, 3.63) is 5.69 Å². The average Bonchev–Trinajstić information content (AvgIpc) is 2.71. The summed E-state index contributed by atoms with van der Waals surface area (Å²) in [7, 11) is 1.74. The van der Waals surface area contributed by atoms with Gasteiger partial charge in [0.15, 0.2) is 0 Å². The molecule has 2 heterocycles. The molecule has 1 aromatic rings. The first-order valence-corrected chi connectivity index (χ1v) is 5.39. The van der Waals surface area contributed by atoms with Crippen molar-refractivity contribution >= 4 is 28.3 Å². The smallest absolute Gasteiger partial charge is 0.255 e. The number of aromatic nitrogens is 2. The number of ether oxygens (including phenoxy) is 1. The molecular weight excluding hydrogens is 232 g/mol. The van der Waals surface area contributed by atoms with E-state index in [1.54, 1.807) is 7.05 Å². The molecule has 86 valence electrons. The molecule has 0 spiro atoms. The SMILES string of the molecule is CNc1snnc1CN1C(=O)COCC1=O. The summed E-state index contributed by atoms with van der Waals surface area (Å²) >= 11 is 1.19. The fraction of sp³-hybridized carbons (Fsp3) is 0.500. The van der Waals surface area contributed by atoms with Crippen molar-refractivity contribution in [1.82, 2.24) is 14.5 Å². The Labute approximate surface area is 95.6 Å². The third-order valence-electron chi connectivity index (χ3n) is 2.14. The van der Waals surface area contributed by atoms with E-state index in [4.69, 9.17) is 4.74 Å². The molecule has 0 aromatic carbocycles. The first kappa shape index (κ1) is 11.0. The van der Waals surface area contributed by atoms with Crippen molar-refractivity contribution in [2.45, 2.75) is 6.54 Å². The second kappa shape index (κ2) is 4.54. The van der Waals surface area contributed by atoms with Gasteiger partial charge in [-0.3, -0.25) is 14.5 Å². The van der Waals surface area contributed by atoms with E-state index in [9.17, 15) is 9.59 Å². The first-order chi connectivity index (χ1) is 7.72. The Bertz CT molecular complexity index is 403. The molecule has 0 unspecified atom stereocenters. The van der Waals surface area contributed by atoms with Crippen molar-refractivity contribution in [2.75, 3.05) is 25.6 Å². The Kier molecular flexibility index (Phi) is 3.11. The van der Waals surface area contributed by atoms with Crippen LogP contribution in [0.1, 0.15) is 5.69 Å². The van der Waals surface area contributed by atoms with Gasteiger partial charge in [0.25, 0.3) is 11.8 Å². The fourth-order valence-electron chi connectivity index (χ4n) is 1.35. The van der Waals surface area contributed by atoms with Gasteiger partial charge >= 0.3 is 0 Å². The summed E-state index contributed by atoms with van der Waals surface area (Å²) < 4.78 is 8.57. The van der Waals surface area contributed by atoms with Crippen LogP contribution in [0.25, 0.3) is 0 Å². The Morgan fingerprint density at radius 1 is 1.44 bits per heavy atom. The number of nitrogens with zero attached hydrogens (tertiary/aromatic N) is 3. The number of nitrogens with one attached hydrogen (secondary N) is 1. The molecular formula is C8H10N4O3S. The van der Waals surface area contributed by atoms with E-state index in [2.05, 4.69) is 14.9 Å². The van der Waals surface area contributed by atoms with Crippen molar-refractivity contribution < 1.29 is 14.3 Å². The molecule has 7 nitrogen and oxygen atoms in total. The number of hydrogen-bond acceptors (Lipinski definition) is 7. The van der Waals surface area contributed by atoms with E-state index >= 15 is 0 Å². The van der Waals surface area contributed by atoms with Crippen LogP contribution in [0.4, 0.5) is 5.00 Å². The summed E-state index contributed by atoms with van der Waals surface area (Å²) in [6.45, 7) is 0.0318. The Balaban J connectivity index is 2.13. The van der Waals surface area contributed by atoms with Gasteiger partial charge in [-0.15, -0.1) is 5.10 Å². The van der Waals surface area contributed by atoms with Gasteiger partial charge in [0.2, 0.25) is 0 Å². The summed E-state index contributed by atoms with van der Waals surface area (Å²) in [5, 5.41) is 7.53. The molecule has 1 saturated heterocycles. The van der Waals surface area contributed by atoms with Crippen LogP contribution in [0.15, 0.2) is 0 Å². The molecule has 2 amide bonds. The Hall–Kier alpha value is -1.54. The third-order valence-corrected chi connectivity index (χ3v) is 2.93. The van der Waals surface area contributed by atoms with Gasteiger partial charge in [-0.2, -0.15) is 0 Å². The molecule has 0 bridgehead atoms. The average molecular weight is 242 g/mol. The van der Waals surface area contributed by atoms with E-state index in [1.807, 2.05) is 0 Å². The zero-order valence-corrected chi connectivity index (χ0v) is 9.41. The maximum atomic E-state index is 11.4. The lowest BCUT2D eigenvalue weighted by Gasteiger charge is -2.24. The first-order valence-electron chi connectivity index (χ1n) is 4.62. The number of carbonyl (C=O) groups excluding carboxylic acids is 2. The van der Waals surface area contributed by atoms with Crippen LogP contribution in [0.5, 0.6) is 0 Å². The Morgan fingerprint density at radius 3 is 2.75 bits per heavy atom. The van der Waals surface area contributed by atoms with Gasteiger partial charge in [-0.1, -0.05) is 4.49 Å². The topological polar surface area (TPSA) is 84.4 Å². The van der Waals surface area contributed by atoms with Gasteiger partial charge in [-0.05, 0) is 0 Å². The van der Waals surface area contributed by atoms with Crippen molar-refractivity contribution in [2.24, 2.45) is 0 Å². The van der Waals surface area contributed by atoms with E-state index < -0.39 is 0 Å². The second-order valence-corrected chi connectivity index (χ2v) is 3.92. The maximum absolute atomic E-state index is 11.4. The highest BCUT2D eigenvalue weighted by molar-refractivity contribution is 7.10. The van der Waals surface area contributed by atoms with E-state index in [0.717, 1.165) is 9.90 Å². The van der Waals surface area contributed by atoms with Crippen LogP contribution in [0.2, 0.25) is 0 Å². The standard InChI is InChI=1S/C8H10N4O3S/c1-9-8-5(10-11-16-8)2-12-6(13)3-15-4-7(12)14/h9H,2-4H2,1H3. The van der Waals surface area contributed by atoms with Crippen LogP contribution in [0.3, 0.4) is 0 Å². The highest BCUT2D eigenvalue weighted by atomic mass is 32.1. The molecule has 0 aliphatic carbocycles. The minimum atomic E-state index is -0.341. The van der Waals surface area contributed by atoms with Gasteiger partial charge in [0.1, 0.15) is 23.9 Å². The molecule has 8 heteroatoms. The van der Waals surface area contributed by atoms with Crippen LogP contribution >= 0.6 is 11.5 Å². The summed E-state index contributed by atoms with van der Waals surface area (Å²) in [5.74, 6) is -0.683. The molecule has 0 atom stereocenters. The van der Waals surface area contributed by atoms with Crippen LogP contribution in [0, 0.1) is 0 Å². The molecule has 1 N–H and O–H groups in total. The number of imide groups is 1. The second-order valence-electron chi connectivity index (χ2n) is 3.17. The van der Waals surface area contributed by atoms with Gasteiger partial charge in [0.05, 0.1) is 6.54 Å². The highest BCUT2D eigenvalue weighted by Gasteiger charge is 2.28. The fourth-order valence-corrected chi connectivity index (χ4v) is 1.87. The molecule has 0 saturated carbocycles. The van der Waals surface area contributed by atoms with Crippen LogP contribution in [-0.2, 0) is 20.9 Å². The highest BCUT2D eigenvalue weighted by Crippen LogP contribution is 2.19. The number of carbonyl (C=O) groups is 2. The van der Waals surface area contributed by atoms with Gasteiger partial charge in [-0.25, -0.2) is 0 Å². The molecule has 1 fully saturated rings. The lowest BCUT2D eigenvalue weighted by molar-refractivity contribution is -0.159. The van der Waals surface area contributed by atoms with Gasteiger partial charge in [0, 0.05) is 18.6 Å². The lowest BCUT2D eigenvalue weighted by atomic mass is 10.3. The summed E-state index contributed by atoms with van der Waals surface area (Å²) in [6.07, 6.45) is 0. The number of rotatable bonds is 3. The molecule has 0 radical (unpaired) electrons. The molecule has 16 heavy (non-hydrogen) atoms. The minimum absolute atomic E-state index is 0.0573. The third kappa shape index (κ3) is 2.02. The quantitative estimate of drug-likeness (QED) is 0.717. The summed E-state index contributed by atoms with van der Waals surface area (Å²) in [4.78, 5) is 24.0. The summed E-state index contributed by atoms with van der Waals surface area (Å²) in [6, 6.07) is 0. The van der Waals surface area contributed by atoms with E-state index in [-0.39, 0.29) is 31.6 Å². The van der Waals surface area contributed by atoms with Crippen molar-refractivity contribution in [1.29, 1.82) is 0 Å². The molecule has 1 aliphatic heterocycles. The van der Waals surface area contributed by atoms with Gasteiger partial charge < -0.3 is 10.1 Å². The van der Waals surface area contributed by atoms with Crippen LogP contribution < -0.4 is 5.32 Å². The minimum Gasteiger partial charge on any atom is -0.377 e. The normalized spacial score (nSPS) is 16.7. The Morgan fingerprint density at radius 2 is 2.12 bits per heavy atom. The van der Waals surface area contributed by atoms with Crippen molar-refractivity contribution in [3.63, 3.8) is 0 Å². The molecule has 2 rings (SSSR count). The monoisotopic (exact) mass is 242 g/mol. The number of amides is 2. The maximum Gasteiger partial charge on any atom is 0.255 e. The van der Waals surface area contributed by atoms with E-state index in [1.165, 1.54) is 11.5 Å². The molecule has 1 aromatic heterocycles. The number of anilines is 1. The largest absolute Gasteiger partial charge is 0.377 e. The number of morpholine rings is 1. The lowest BCUT2D eigenvalue weighted by Crippen LogP contribution is -2.45. The predicted octanol–water partition coefficient (Wildman–Crippen LogP) is -0.535. The van der Waals surface area contributed by atoms with Crippen molar-refractivity contribution in [3.8, 4) is 0 Å².